The zero-order valence-corrected chi connectivity index (χ0v) is 12.9. The highest BCUT2D eigenvalue weighted by Gasteiger charge is 2.16. The van der Waals surface area contributed by atoms with Crippen LogP contribution >= 0.6 is 0 Å². The third-order valence-corrected chi connectivity index (χ3v) is 3.49. The highest BCUT2D eigenvalue weighted by atomic mass is 16.5. The van der Waals surface area contributed by atoms with E-state index in [1.54, 1.807) is 11.6 Å². The first-order valence-electron chi connectivity index (χ1n) is 7.19. The van der Waals surface area contributed by atoms with Gasteiger partial charge in [0.05, 0.1) is 6.54 Å². The Labute approximate surface area is 132 Å². The van der Waals surface area contributed by atoms with E-state index in [4.69, 9.17) is 4.52 Å². The van der Waals surface area contributed by atoms with Crippen LogP contribution in [0.5, 0.6) is 0 Å². The van der Waals surface area contributed by atoms with Gasteiger partial charge in [-0.25, -0.2) is 4.68 Å². The molecule has 8 nitrogen and oxygen atoms in total. The number of benzene rings is 1. The Bertz CT molecular complexity index is 808. The molecule has 1 aromatic carbocycles. The number of amides is 1. The number of carbonyl (C=O) groups is 1. The molecule has 0 bridgehead atoms. The molecule has 3 rings (SSSR count). The van der Waals surface area contributed by atoms with Crippen LogP contribution in [0.15, 0.2) is 34.9 Å². The van der Waals surface area contributed by atoms with E-state index in [1.165, 1.54) is 0 Å². The Kier molecular flexibility index (Phi) is 4.13. The minimum absolute atomic E-state index is 0.182. The summed E-state index contributed by atoms with van der Waals surface area (Å²) in [4.78, 5) is 12.0. The number of nitrogens with one attached hydrogen (secondary N) is 1. The second kappa shape index (κ2) is 6.39. The molecule has 1 N–H and O–H groups in total. The molecule has 118 valence electrons. The number of hydrogen-bond donors (Lipinski definition) is 1. The van der Waals surface area contributed by atoms with Crippen molar-refractivity contribution in [2.45, 2.75) is 26.8 Å². The Morgan fingerprint density at radius 1 is 1.26 bits per heavy atom. The van der Waals surface area contributed by atoms with Crippen molar-refractivity contribution in [2.24, 2.45) is 0 Å². The average molecular weight is 312 g/mol. The predicted octanol–water partition coefficient (Wildman–Crippen LogP) is 1.97. The maximum atomic E-state index is 12.0. The Hall–Kier alpha value is -3.03. The van der Waals surface area contributed by atoms with Gasteiger partial charge in [-0.1, -0.05) is 35.5 Å². The number of tetrazole rings is 1. The Balaban J connectivity index is 1.65. The predicted molar refractivity (Wildman–Crippen MR) is 82.5 cm³/mol. The first-order chi connectivity index (χ1) is 11.1. The van der Waals surface area contributed by atoms with E-state index in [0.717, 1.165) is 16.8 Å². The zero-order valence-electron chi connectivity index (χ0n) is 12.9. The van der Waals surface area contributed by atoms with Crippen molar-refractivity contribution in [2.75, 3.05) is 5.32 Å². The Morgan fingerprint density at radius 3 is 2.74 bits per heavy atom. The summed E-state index contributed by atoms with van der Waals surface area (Å²) in [5.74, 6) is 0.848. The fourth-order valence-corrected chi connectivity index (χ4v) is 2.17. The summed E-state index contributed by atoms with van der Waals surface area (Å²) in [6, 6.07) is 9.67. The molecule has 0 atom stereocenters. The van der Waals surface area contributed by atoms with Gasteiger partial charge in [0.1, 0.15) is 11.5 Å². The standard InChI is InChI=1S/C15H16N6O2/c1-10-14(12-6-4-3-5-7-12)18-23-15(10)16-13(22)8-9-21-11(2)17-19-20-21/h3-7H,8-9H2,1-2H3,(H,16,22). The number of hydrogen-bond acceptors (Lipinski definition) is 6. The van der Waals surface area contributed by atoms with Crippen molar-refractivity contribution in [3.8, 4) is 11.3 Å². The van der Waals surface area contributed by atoms with Crippen LogP contribution in [0.1, 0.15) is 17.8 Å². The van der Waals surface area contributed by atoms with Crippen molar-refractivity contribution in [3.05, 3.63) is 41.7 Å². The number of nitrogens with zero attached hydrogens (tertiary/aromatic N) is 5. The smallest absolute Gasteiger partial charge is 0.234 e. The zero-order chi connectivity index (χ0) is 16.2. The van der Waals surface area contributed by atoms with E-state index in [9.17, 15) is 4.79 Å². The molecule has 2 heterocycles. The molecule has 0 aliphatic heterocycles. The van der Waals surface area contributed by atoms with Gasteiger partial charge in [-0.2, -0.15) is 0 Å². The lowest BCUT2D eigenvalue weighted by atomic mass is 10.1. The topological polar surface area (TPSA) is 98.7 Å². The monoisotopic (exact) mass is 312 g/mol. The number of anilines is 1. The van der Waals surface area contributed by atoms with Gasteiger partial charge in [0.2, 0.25) is 11.8 Å². The van der Waals surface area contributed by atoms with Crippen LogP contribution in [0.3, 0.4) is 0 Å². The first kappa shape index (κ1) is 14.9. The highest BCUT2D eigenvalue weighted by Crippen LogP contribution is 2.27. The average Bonchev–Trinajstić information content (AvgIpc) is 3.13. The van der Waals surface area contributed by atoms with Crippen LogP contribution in [0.4, 0.5) is 5.88 Å². The summed E-state index contributed by atoms with van der Waals surface area (Å²) in [7, 11) is 0. The molecule has 23 heavy (non-hydrogen) atoms. The molecular formula is C15H16N6O2. The molecule has 0 aliphatic carbocycles. The SMILES string of the molecule is Cc1c(-c2ccccc2)noc1NC(=O)CCn1nnnc1C. The molecule has 0 saturated carbocycles. The maximum absolute atomic E-state index is 12.0. The second-order valence-electron chi connectivity index (χ2n) is 5.10. The Morgan fingerprint density at radius 2 is 2.04 bits per heavy atom. The van der Waals surface area contributed by atoms with Crippen LogP contribution in [0, 0.1) is 13.8 Å². The van der Waals surface area contributed by atoms with Crippen LogP contribution in [0.25, 0.3) is 11.3 Å². The van der Waals surface area contributed by atoms with Gasteiger partial charge in [-0.15, -0.1) is 5.10 Å². The van der Waals surface area contributed by atoms with Gasteiger partial charge in [0, 0.05) is 17.5 Å². The minimum Gasteiger partial charge on any atom is -0.338 e. The van der Waals surface area contributed by atoms with Crippen LogP contribution in [-0.4, -0.2) is 31.3 Å². The van der Waals surface area contributed by atoms with E-state index >= 15 is 0 Å². The van der Waals surface area contributed by atoms with Gasteiger partial charge >= 0.3 is 0 Å². The van der Waals surface area contributed by atoms with Crippen LogP contribution in [-0.2, 0) is 11.3 Å². The molecule has 1 amide bonds. The maximum Gasteiger partial charge on any atom is 0.234 e. The fraction of sp³-hybridized carbons (Fsp3) is 0.267. The first-order valence-corrected chi connectivity index (χ1v) is 7.19. The quantitative estimate of drug-likeness (QED) is 0.773. The summed E-state index contributed by atoms with van der Waals surface area (Å²) < 4.78 is 6.82. The molecule has 0 fully saturated rings. The van der Waals surface area contributed by atoms with Crippen molar-refractivity contribution in [3.63, 3.8) is 0 Å². The largest absolute Gasteiger partial charge is 0.338 e. The van der Waals surface area contributed by atoms with Crippen molar-refractivity contribution in [1.82, 2.24) is 25.4 Å². The number of aromatic nitrogens is 5. The third kappa shape index (κ3) is 3.25. The molecule has 0 saturated heterocycles. The number of aryl methyl sites for hydroxylation is 2. The molecule has 0 aliphatic rings. The van der Waals surface area contributed by atoms with E-state index in [0.29, 0.717) is 18.3 Å². The van der Waals surface area contributed by atoms with E-state index in [1.807, 2.05) is 37.3 Å². The summed E-state index contributed by atoms with van der Waals surface area (Å²) >= 11 is 0. The lowest BCUT2D eigenvalue weighted by Crippen LogP contribution is -2.15. The van der Waals surface area contributed by atoms with E-state index in [2.05, 4.69) is 26.0 Å². The summed E-state index contributed by atoms with van der Waals surface area (Å²) in [6.07, 6.45) is 0.243. The molecule has 8 heteroatoms. The summed E-state index contributed by atoms with van der Waals surface area (Å²) in [6.45, 7) is 4.05. The van der Waals surface area contributed by atoms with Gasteiger partial charge in [0.25, 0.3) is 0 Å². The van der Waals surface area contributed by atoms with Gasteiger partial charge in [0.15, 0.2) is 0 Å². The lowest BCUT2D eigenvalue weighted by molar-refractivity contribution is -0.116. The fourth-order valence-electron chi connectivity index (χ4n) is 2.17. The van der Waals surface area contributed by atoms with Crippen molar-refractivity contribution in [1.29, 1.82) is 0 Å². The molecule has 3 aromatic rings. The van der Waals surface area contributed by atoms with Gasteiger partial charge in [-0.3, -0.25) is 10.1 Å². The minimum atomic E-state index is -0.182. The third-order valence-electron chi connectivity index (χ3n) is 3.49. The van der Waals surface area contributed by atoms with Crippen molar-refractivity contribution >= 4 is 11.8 Å². The van der Waals surface area contributed by atoms with E-state index in [-0.39, 0.29) is 12.3 Å². The van der Waals surface area contributed by atoms with Crippen molar-refractivity contribution < 1.29 is 9.32 Å². The van der Waals surface area contributed by atoms with Crippen LogP contribution in [0.2, 0.25) is 0 Å². The summed E-state index contributed by atoms with van der Waals surface area (Å²) in [5.41, 5.74) is 2.46. The van der Waals surface area contributed by atoms with Gasteiger partial charge < -0.3 is 4.52 Å². The molecule has 0 radical (unpaired) electrons. The highest BCUT2D eigenvalue weighted by molar-refractivity contribution is 5.90. The molecule has 0 unspecified atom stereocenters. The van der Waals surface area contributed by atoms with Gasteiger partial charge in [-0.05, 0) is 24.3 Å². The normalized spacial score (nSPS) is 10.7. The van der Waals surface area contributed by atoms with Crippen LogP contribution < -0.4 is 5.32 Å². The summed E-state index contributed by atoms with van der Waals surface area (Å²) in [5, 5.41) is 17.9. The number of rotatable bonds is 5. The number of carbonyl (C=O) groups excluding carboxylic acids is 1. The molecular weight excluding hydrogens is 296 g/mol. The second-order valence-corrected chi connectivity index (χ2v) is 5.10. The lowest BCUT2D eigenvalue weighted by Gasteiger charge is -2.03. The van der Waals surface area contributed by atoms with E-state index < -0.39 is 0 Å². The molecule has 0 spiro atoms. The molecule has 2 aromatic heterocycles.